The fourth-order valence-corrected chi connectivity index (χ4v) is 3.90. The molecule has 3 aromatic rings. The zero-order valence-electron chi connectivity index (χ0n) is 17.5. The molecule has 4 rings (SSSR count). The quantitative estimate of drug-likeness (QED) is 0.384. The Morgan fingerprint density at radius 3 is 2.46 bits per heavy atom. The van der Waals surface area contributed by atoms with Gasteiger partial charge >= 0.3 is 5.69 Å². The molecule has 1 aromatic heterocycles. The minimum atomic E-state index is -3.23. The Kier molecular flexibility index (Phi) is 6.79. The van der Waals surface area contributed by atoms with Crippen LogP contribution in [0.25, 0.3) is 5.69 Å². The maximum Gasteiger partial charge on any atom is 0.349 e. The average Bonchev–Trinajstić information content (AvgIpc) is 2.75. The number of aromatic amines is 1. The van der Waals surface area contributed by atoms with Gasteiger partial charge in [0.25, 0.3) is 17.9 Å². The molecule has 1 amide bonds. The smallest absolute Gasteiger partial charge is 0.349 e. The van der Waals surface area contributed by atoms with Crippen molar-refractivity contribution in [2.24, 2.45) is 0 Å². The molecule has 10 nitrogen and oxygen atoms in total. The van der Waals surface area contributed by atoms with Crippen molar-refractivity contribution in [3.63, 3.8) is 0 Å². The number of hydrogen-bond acceptors (Lipinski definition) is 7. The Balaban J connectivity index is 1.62. The van der Waals surface area contributed by atoms with Crippen molar-refractivity contribution in [1.82, 2.24) is 20.1 Å². The molecule has 0 saturated heterocycles. The van der Waals surface area contributed by atoms with Crippen LogP contribution < -0.4 is 21.3 Å². The number of carbonyl (C=O) groups excluding carboxylic acids is 1. The molecular formula is C21H16Cl2F2N4O6. The van der Waals surface area contributed by atoms with E-state index in [1.54, 1.807) is 4.98 Å². The predicted octanol–water partition coefficient (Wildman–Crippen LogP) is 2.92. The number of nitrogens with one attached hydrogen (secondary N) is 2. The number of hydrogen-bond donors (Lipinski definition) is 4. The van der Waals surface area contributed by atoms with Gasteiger partial charge in [-0.3, -0.25) is 14.6 Å². The number of nitrogens with zero attached hydrogens (tertiary/aromatic N) is 2. The van der Waals surface area contributed by atoms with E-state index in [-0.39, 0.29) is 44.6 Å². The summed E-state index contributed by atoms with van der Waals surface area (Å²) in [6.07, 6.45) is -2.88. The van der Waals surface area contributed by atoms with Gasteiger partial charge in [-0.25, -0.2) is 13.6 Å². The van der Waals surface area contributed by atoms with Gasteiger partial charge in [-0.2, -0.15) is 9.78 Å². The summed E-state index contributed by atoms with van der Waals surface area (Å²) in [5, 5.41) is 25.2. The van der Waals surface area contributed by atoms with Gasteiger partial charge < -0.3 is 20.3 Å². The molecule has 4 N–H and O–H groups in total. The van der Waals surface area contributed by atoms with Crippen LogP contribution in [0.15, 0.2) is 39.9 Å². The van der Waals surface area contributed by atoms with Crippen LogP contribution in [0.2, 0.25) is 10.0 Å². The molecular weight excluding hydrogens is 513 g/mol. The molecule has 1 aliphatic carbocycles. The van der Waals surface area contributed by atoms with E-state index in [1.807, 2.05) is 0 Å². The number of phenolic OH excluding ortho intramolecular Hbond substituents is 1. The first-order valence-corrected chi connectivity index (χ1v) is 10.8. The largest absolute Gasteiger partial charge is 0.507 e. The molecule has 0 bridgehead atoms. The lowest BCUT2D eigenvalue weighted by molar-refractivity contribution is 0.0561. The number of aliphatic hydroxyl groups excluding tert-OH is 1. The van der Waals surface area contributed by atoms with Gasteiger partial charge in [0.05, 0.1) is 27.4 Å². The van der Waals surface area contributed by atoms with Crippen LogP contribution in [0.3, 0.4) is 0 Å². The lowest BCUT2D eigenvalue weighted by Crippen LogP contribution is -2.46. The van der Waals surface area contributed by atoms with Crippen molar-refractivity contribution < 1.29 is 28.5 Å². The van der Waals surface area contributed by atoms with Crippen molar-refractivity contribution in [1.29, 1.82) is 0 Å². The Morgan fingerprint density at radius 1 is 1.20 bits per heavy atom. The first-order chi connectivity index (χ1) is 16.5. The number of aliphatic hydroxyl groups is 1. The summed E-state index contributed by atoms with van der Waals surface area (Å²) in [6, 6.07) is 5.92. The number of alkyl halides is 2. The van der Waals surface area contributed by atoms with Gasteiger partial charge in [-0.05, 0) is 43.2 Å². The summed E-state index contributed by atoms with van der Waals surface area (Å²) in [5.74, 6) is -0.892. The summed E-state index contributed by atoms with van der Waals surface area (Å²) in [4.78, 5) is 37.8. The number of halogens is 4. The molecule has 1 heterocycles. The first kappa shape index (κ1) is 24.6. The molecule has 0 atom stereocenters. The number of rotatable bonds is 6. The molecule has 0 radical (unpaired) electrons. The van der Waals surface area contributed by atoms with Crippen molar-refractivity contribution >= 4 is 29.1 Å². The number of carbonyl (C=O) groups is 1. The minimum absolute atomic E-state index is 0.0810. The zero-order valence-corrected chi connectivity index (χ0v) is 19.0. The van der Waals surface area contributed by atoms with Crippen molar-refractivity contribution in [3.8, 4) is 22.9 Å². The Hall–Kier alpha value is -3.48. The number of benzene rings is 2. The van der Waals surface area contributed by atoms with E-state index in [1.165, 1.54) is 18.2 Å². The lowest BCUT2D eigenvalue weighted by atomic mass is 9.89. The molecule has 2 aromatic carbocycles. The number of aromatic nitrogens is 3. The molecule has 0 spiro atoms. The summed E-state index contributed by atoms with van der Waals surface area (Å²) in [7, 11) is 0. The third kappa shape index (κ3) is 5.14. The molecule has 0 unspecified atom stereocenters. The van der Waals surface area contributed by atoms with E-state index in [0.717, 1.165) is 12.1 Å². The molecule has 184 valence electrons. The van der Waals surface area contributed by atoms with Crippen LogP contribution in [-0.2, 0) is 0 Å². The fraction of sp³-hybridized carbons (Fsp3) is 0.238. The van der Waals surface area contributed by atoms with Crippen molar-refractivity contribution in [3.05, 3.63) is 72.5 Å². The highest BCUT2D eigenvalue weighted by atomic mass is 35.5. The maximum atomic E-state index is 13.0. The second-order valence-corrected chi connectivity index (χ2v) is 8.49. The van der Waals surface area contributed by atoms with E-state index in [2.05, 4.69) is 10.4 Å². The SMILES string of the molecule is O=C(N[C@H]1C[C@H](O)C1)c1cc(Oc2c(Cl)cc(-n3nc(C(F)F)c(=O)[nH]c3=O)cc2Cl)ccc1O. The van der Waals surface area contributed by atoms with E-state index in [0.29, 0.717) is 17.5 Å². The topological polar surface area (TPSA) is 147 Å². The van der Waals surface area contributed by atoms with Gasteiger partial charge in [-0.1, -0.05) is 23.2 Å². The van der Waals surface area contributed by atoms with Crippen LogP contribution >= 0.6 is 23.2 Å². The van der Waals surface area contributed by atoms with Gasteiger partial charge in [0.2, 0.25) is 0 Å². The van der Waals surface area contributed by atoms with Gasteiger partial charge in [-0.15, -0.1) is 0 Å². The number of phenols is 1. The normalized spacial score (nSPS) is 17.2. The zero-order chi connectivity index (χ0) is 25.4. The van der Waals surface area contributed by atoms with Crippen molar-refractivity contribution in [2.45, 2.75) is 31.4 Å². The molecule has 1 fully saturated rings. The fourth-order valence-electron chi connectivity index (χ4n) is 3.34. The monoisotopic (exact) mass is 528 g/mol. The maximum absolute atomic E-state index is 13.0. The van der Waals surface area contributed by atoms with Crippen LogP contribution in [-0.4, -0.2) is 43.0 Å². The highest BCUT2D eigenvalue weighted by Crippen LogP contribution is 2.39. The molecule has 1 saturated carbocycles. The second kappa shape index (κ2) is 9.64. The van der Waals surface area contributed by atoms with Gasteiger partial charge in [0, 0.05) is 6.04 Å². The van der Waals surface area contributed by atoms with E-state index in [4.69, 9.17) is 27.9 Å². The summed E-state index contributed by atoms with van der Waals surface area (Å²) in [6.45, 7) is 0. The molecule has 35 heavy (non-hydrogen) atoms. The number of aromatic hydroxyl groups is 1. The van der Waals surface area contributed by atoms with Crippen molar-refractivity contribution in [2.75, 3.05) is 0 Å². The highest BCUT2D eigenvalue weighted by Gasteiger charge is 2.29. The number of ether oxygens (including phenoxy) is 1. The van der Waals surface area contributed by atoms with Crippen LogP contribution in [0.4, 0.5) is 8.78 Å². The Morgan fingerprint density at radius 2 is 1.86 bits per heavy atom. The third-order valence-corrected chi connectivity index (χ3v) is 5.73. The minimum Gasteiger partial charge on any atom is -0.507 e. The average molecular weight is 529 g/mol. The summed E-state index contributed by atoms with van der Waals surface area (Å²) in [5.41, 5.74) is -3.78. The van der Waals surface area contributed by atoms with E-state index >= 15 is 0 Å². The molecule has 0 aliphatic heterocycles. The van der Waals surface area contributed by atoms with Crippen LogP contribution in [0.1, 0.15) is 35.3 Å². The number of amides is 1. The number of H-pyrrole nitrogens is 1. The third-order valence-electron chi connectivity index (χ3n) is 5.17. The predicted molar refractivity (Wildman–Crippen MR) is 120 cm³/mol. The molecule has 1 aliphatic rings. The van der Waals surface area contributed by atoms with Crippen LogP contribution in [0, 0.1) is 0 Å². The van der Waals surface area contributed by atoms with Gasteiger partial charge in [0.1, 0.15) is 11.5 Å². The standard InChI is InChI=1S/C21H16Cl2F2N4O6/c22-13-5-9(29-21(34)27-20(33)16(28-29)18(24)25)6-14(23)17(13)35-11-1-2-15(31)12(7-11)19(32)26-8-3-10(30)4-8/h1-2,5-8,10,18,30-31H,3-4H2,(H,26,32)(H,27,33,34)/t8-,10-. The Labute approximate surface area is 204 Å². The first-order valence-electron chi connectivity index (χ1n) is 10.0. The van der Waals surface area contributed by atoms with E-state index < -0.39 is 35.4 Å². The Bertz CT molecular complexity index is 1400. The van der Waals surface area contributed by atoms with Gasteiger partial charge in [0.15, 0.2) is 11.4 Å². The highest BCUT2D eigenvalue weighted by molar-refractivity contribution is 6.37. The summed E-state index contributed by atoms with van der Waals surface area (Å²) >= 11 is 12.5. The van der Waals surface area contributed by atoms with E-state index in [9.17, 15) is 33.4 Å². The summed E-state index contributed by atoms with van der Waals surface area (Å²) < 4.78 is 32.2. The lowest BCUT2D eigenvalue weighted by Gasteiger charge is -2.32. The second-order valence-electron chi connectivity index (χ2n) is 7.67. The van der Waals surface area contributed by atoms with Crippen LogP contribution in [0.5, 0.6) is 17.2 Å². The molecule has 14 heteroatoms.